The van der Waals surface area contributed by atoms with Gasteiger partial charge in [0.2, 0.25) is 0 Å². The smallest absolute Gasteiger partial charge is 0.0856 e. The van der Waals surface area contributed by atoms with Crippen molar-refractivity contribution in [1.82, 2.24) is 0 Å². The molecular formula is C13H11N4S-. The summed E-state index contributed by atoms with van der Waals surface area (Å²) >= 11 is 4.96. The normalized spacial score (nSPS) is 11.7. The highest BCUT2D eigenvalue weighted by Crippen LogP contribution is 2.10. The van der Waals surface area contributed by atoms with Crippen molar-refractivity contribution in [3.63, 3.8) is 0 Å². The lowest BCUT2D eigenvalue weighted by Crippen LogP contribution is -1.94. The standard InChI is InChI=1S/C13H12N4S/c18-13(16-14-11-7-3-1-4-8-11)17-15-12-9-5-2-6-10-12/h1-10,14H,(H,16,18)/p-1. The van der Waals surface area contributed by atoms with Crippen LogP contribution in [0.25, 0.3) is 0 Å². The maximum atomic E-state index is 4.96. The van der Waals surface area contributed by atoms with E-state index in [1.165, 1.54) is 0 Å². The molecule has 0 unspecified atom stereocenters. The van der Waals surface area contributed by atoms with Gasteiger partial charge in [-0.3, -0.25) is 5.43 Å². The van der Waals surface area contributed by atoms with E-state index in [1.807, 2.05) is 60.7 Å². The van der Waals surface area contributed by atoms with Crippen LogP contribution in [0.4, 0.5) is 11.4 Å². The Morgan fingerprint density at radius 3 is 2.17 bits per heavy atom. The summed E-state index contributed by atoms with van der Waals surface area (Å²) in [5.74, 6) is 0. The molecule has 0 aromatic heterocycles. The number of azo groups is 1. The van der Waals surface area contributed by atoms with Crippen LogP contribution >= 0.6 is 0 Å². The Hall–Kier alpha value is -2.27. The number of amidine groups is 1. The lowest BCUT2D eigenvalue weighted by atomic mass is 10.3. The molecule has 2 rings (SSSR count). The first-order valence-corrected chi connectivity index (χ1v) is 5.78. The van der Waals surface area contributed by atoms with Gasteiger partial charge < -0.3 is 12.6 Å². The molecule has 0 amide bonds. The van der Waals surface area contributed by atoms with Crippen molar-refractivity contribution in [2.75, 3.05) is 5.43 Å². The van der Waals surface area contributed by atoms with Crippen LogP contribution in [0.15, 0.2) is 76.0 Å². The van der Waals surface area contributed by atoms with Crippen LogP contribution in [0.3, 0.4) is 0 Å². The monoisotopic (exact) mass is 255 g/mol. The van der Waals surface area contributed by atoms with E-state index in [2.05, 4.69) is 20.8 Å². The molecule has 0 aliphatic heterocycles. The molecule has 0 spiro atoms. The molecule has 0 saturated carbocycles. The molecule has 90 valence electrons. The summed E-state index contributed by atoms with van der Waals surface area (Å²) in [6.45, 7) is 0. The lowest BCUT2D eigenvalue weighted by molar-refractivity contribution is 1.25. The topological polar surface area (TPSA) is 49.1 Å². The Bertz CT molecular complexity index is 537. The predicted molar refractivity (Wildman–Crippen MR) is 75.8 cm³/mol. The lowest BCUT2D eigenvalue weighted by Gasteiger charge is -2.04. The number of nitrogens with one attached hydrogen (secondary N) is 1. The molecule has 5 heteroatoms. The Balaban J connectivity index is 1.96. The molecule has 18 heavy (non-hydrogen) atoms. The second kappa shape index (κ2) is 6.46. The number of nitrogens with zero attached hydrogens (tertiary/aromatic N) is 3. The van der Waals surface area contributed by atoms with Crippen LogP contribution in [-0.2, 0) is 12.6 Å². The van der Waals surface area contributed by atoms with Gasteiger partial charge in [0, 0.05) is 0 Å². The zero-order valence-corrected chi connectivity index (χ0v) is 10.3. The van der Waals surface area contributed by atoms with E-state index in [0.717, 1.165) is 11.4 Å². The van der Waals surface area contributed by atoms with Gasteiger partial charge in [0.05, 0.1) is 16.5 Å². The quantitative estimate of drug-likeness (QED) is 0.299. The molecule has 2 aromatic carbocycles. The molecule has 0 atom stereocenters. The minimum Gasteiger partial charge on any atom is -0.737 e. The molecular weight excluding hydrogens is 244 g/mol. The Kier molecular flexibility index (Phi) is 4.38. The first-order chi connectivity index (χ1) is 8.84. The summed E-state index contributed by atoms with van der Waals surface area (Å²) in [6, 6.07) is 18.9. The Morgan fingerprint density at radius 1 is 0.889 bits per heavy atom. The van der Waals surface area contributed by atoms with Crippen molar-refractivity contribution in [3.8, 4) is 0 Å². The highest BCUT2D eigenvalue weighted by Gasteiger charge is 1.86. The van der Waals surface area contributed by atoms with Gasteiger partial charge in [0.25, 0.3) is 0 Å². The van der Waals surface area contributed by atoms with E-state index in [0.29, 0.717) is 0 Å². The first kappa shape index (κ1) is 12.2. The van der Waals surface area contributed by atoms with Gasteiger partial charge in [-0.25, -0.2) is 0 Å². The van der Waals surface area contributed by atoms with Crippen molar-refractivity contribution in [3.05, 3.63) is 60.7 Å². The zero-order chi connectivity index (χ0) is 12.6. The second-order valence-corrected chi connectivity index (χ2v) is 3.77. The average Bonchev–Trinajstić information content (AvgIpc) is 2.45. The van der Waals surface area contributed by atoms with E-state index >= 15 is 0 Å². The SMILES string of the molecule is [S-]C(N=Nc1ccccc1)=NNc1ccccc1. The summed E-state index contributed by atoms with van der Waals surface area (Å²) in [5, 5.41) is 11.9. The van der Waals surface area contributed by atoms with E-state index in [1.54, 1.807) is 0 Å². The number of hydrazone groups is 1. The minimum absolute atomic E-state index is 0.155. The molecule has 0 heterocycles. The fourth-order valence-electron chi connectivity index (χ4n) is 1.24. The molecule has 0 aliphatic rings. The number of hydrogen-bond donors (Lipinski definition) is 1. The van der Waals surface area contributed by atoms with Gasteiger partial charge in [0.15, 0.2) is 0 Å². The van der Waals surface area contributed by atoms with Crippen molar-refractivity contribution in [1.29, 1.82) is 0 Å². The van der Waals surface area contributed by atoms with Crippen molar-refractivity contribution >= 4 is 29.2 Å². The molecule has 1 N–H and O–H groups in total. The molecule has 2 aromatic rings. The third-order valence-corrected chi connectivity index (χ3v) is 2.23. The largest absolute Gasteiger partial charge is 0.737 e. The van der Waals surface area contributed by atoms with Crippen LogP contribution in [0.2, 0.25) is 0 Å². The number of rotatable bonds is 3. The second-order valence-electron chi connectivity index (χ2n) is 3.41. The van der Waals surface area contributed by atoms with Crippen molar-refractivity contribution < 1.29 is 0 Å². The fourth-order valence-corrected chi connectivity index (χ4v) is 1.33. The predicted octanol–water partition coefficient (Wildman–Crippen LogP) is 3.70. The van der Waals surface area contributed by atoms with E-state index in [-0.39, 0.29) is 5.17 Å². The van der Waals surface area contributed by atoms with Crippen molar-refractivity contribution in [2.24, 2.45) is 15.3 Å². The van der Waals surface area contributed by atoms with Crippen molar-refractivity contribution in [2.45, 2.75) is 0 Å². The Morgan fingerprint density at radius 2 is 1.50 bits per heavy atom. The number of hydrogen-bond acceptors (Lipinski definition) is 4. The summed E-state index contributed by atoms with van der Waals surface area (Å²) in [7, 11) is 0. The number of anilines is 1. The fraction of sp³-hybridized carbons (Fsp3) is 0. The number of benzene rings is 2. The first-order valence-electron chi connectivity index (χ1n) is 5.37. The van der Waals surface area contributed by atoms with Crippen LogP contribution in [0.1, 0.15) is 0 Å². The highest BCUT2D eigenvalue weighted by atomic mass is 32.1. The van der Waals surface area contributed by atoms with Gasteiger partial charge >= 0.3 is 0 Å². The number of para-hydroxylation sites is 1. The summed E-state index contributed by atoms with van der Waals surface area (Å²) < 4.78 is 0. The third-order valence-electron chi connectivity index (χ3n) is 2.06. The summed E-state index contributed by atoms with van der Waals surface area (Å²) in [5.41, 5.74) is 4.41. The van der Waals surface area contributed by atoms with E-state index < -0.39 is 0 Å². The minimum atomic E-state index is 0.155. The van der Waals surface area contributed by atoms with Gasteiger partial charge in [0.1, 0.15) is 0 Å². The molecule has 0 aliphatic carbocycles. The molecule has 0 radical (unpaired) electrons. The molecule has 4 nitrogen and oxygen atoms in total. The maximum Gasteiger partial charge on any atom is 0.0856 e. The summed E-state index contributed by atoms with van der Waals surface area (Å²) in [4.78, 5) is 0. The highest BCUT2D eigenvalue weighted by molar-refractivity contribution is 7.77. The van der Waals surface area contributed by atoms with Gasteiger partial charge in [-0.1, -0.05) is 36.4 Å². The summed E-state index contributed by atoms with van der Waals surface area (Å²) in [6.07, 6.45) is 0. The molecule has 0 bridgehead atoms. The van der Waals surface area contributed by atoms with Gasteiger partial charge in [-0.2, -0.15) is 15.3 Å². The van der Waals surface area contributed by atoms with E-state index in [9.17, 15) is 0 Å². The van der Waals surface area contributed by atoms with Gasteiger partial charge in [-0.15, -0.1) is 0 Å². The zero-order valence-electron chi connectivity index (χ0n) is 9.52. The molecule has 0 saturated heterocycles. The van der Waals surface area contributed by atoms with Gasteiger partial charge in [-0.05, 0) is 24.3 Å². The van der Waals surface area contributed by atoms with Crippen LogP contribution < -0.4 is 5.43 Å². The molecule has 0 fully saturated rings. The van der Waals surface area contributed by atoms with Crippen LogP contribution in [-0.4, -0.2) is 5.17 Å². The maximum absolute atomic E-state index is 4.96. The van der Waals surface area contributed by atoms with Crippen LogP contribution in [0, 0.1) is 0 Å². The van der Waals surface area contributed by atoms with E-state index in [4.69, 9.17) is 12.6 Å². The van der Waals surface area contributed by atoms with Crippen LogP contribution in [0.5, 0.6) is 0 Å². The average molecular weight is 255 g/mol. The Labute approximate surface area is 111 Å². The third kappa shape index (κ3) is 3.95.